The van der Waals surface area contributed by atoms with E-state index in [0.29, 0.717) is 20.5 Å². The number of aryl methyl sites for hydroxylation is 1. The topological polar surface area (TPSA) is 40.6 Å². The van der Waals surface area contributed by atoms with Gasteiger partial charge >= 0.3 is 0 Å². The fourth-order valence-corrected chi connectivity index (χ4v) is 4.96. The summed E-state index contributed by atoms with van der Waals surface area (Å²) >= 11 is 13.3. The van der Waals surface area contributed by atoms with Crippen molar-refractivity contribution in [1.29, 1.82) is 0 Å². The van der Waals surface area contributed by atoms with E-state index < -0.39 is 0 Å². The first kappa shape index (κ1) is 20.3. The molecule has 0 bridgehead atoms. The van der Waals surface area contributed by atoms with Crippen LogP contribution in [0.25, 0.3) is 6.08 Å². The van der Waals surface area contributed by atoms with Gasteiger partial charge in [0.05, 0.1) is 11.4 Å². The van der Waals surface area contributed by atoms with Crippen molar-refractivity contribution in [2.24, 2.45) is 0 Å². The van der Waals surface area contributed by atoms with E-state index in [2.05, 4.69) is 17.0 Å². The summed E-state index contributed by atoms with van der Waals surface area (Å²) in [7, 11) is 0. The van der Waals surface area contributed by atoms with Crippen molar-refractivity contribution in [2.45, 2.75) is 26.3 Å². The lowest BCUT2D eigenvalue weighted by Crippen LogP contribution is -2.27. The minimum absolute atomic E-state index is 0.0629. The molecule has 150 valence electrons. The summed E-state index contributed by atoms with van der Waals surface area (Å²) in [6.07, 6.45) is 4.25. The monoisotopic (exact) mass is 446 g/mol. The van der Waals surface area contributed by atoms with Gasteiger partial charge in [-0.25, -0.2) is 0 Å². The third kappa shape index (κ3) is 4.18. The minimum Gasteiger partial charge on any atom is -0.372 e. The fourth-order valence-electron chi connectivity index (χ4n) is 3.61. The van der Waals surface area contributed by atoms with Gasteiger partial charge in [0.15, 0.2) is 0 Å². The molecule has 2 amide bonds. The zero-order valence-electron chi connectivity index (χ0n) is 16.0. The van der Waals surface area contributed by atoms with E-state index in [4.69, 9.17) is 23.2 Å². The molecule has 2 heterocycles. The highest BCUT2D eigenvalue weighted by Crippen LogP contribution is 2.36. The molecule has 4 rings (SSSR count). The molecular formula is C22H20Cl2N2O2S. The van der Waals surface area contributed by atoms with Gasteiger partial charge in [0.25, 0.3) is 11.1 Å². The molecule has 0 unspecified atom stereocenters. The van der Waals surface area contributed by atoms with Crippen LogP contribution < -0.4 is 4.90 Å². The molecule has 0 N–H and O–H groups in total. The number of imide groups is 1. The lowest BCUT2D eigenvalue weighted by molar-refractivity contribution is -0.123. The summed E-state index contributed by atoms with van der Waals surface area (Å²) in [5.41, 5.74) is 3.80. The predicted octanol–water partition coefficient (Wildman–Crippen LogP) is 6.14. The number of halogens is 2. The number of nitrogens with zero attached hydrogens (tertiary/aromatic N) is 2. The number of hydrogen-bond acceptors (Lipinski definition) is 4. The molecule has 0 aromatic heterocycles. The molecule has 2 aromatic rings. The Labute approximate surface area is 184 Å². The van der Waals surface area contributed by atoms with E-state index >= 15 is 0 Å². The lowest BCUT2D eigenvalue weighted by Gasteiger charge is -2.18. The van der Waals surface area contributed by atoms with Gasteiger partial charge in [-0.3, -0.25) is 14.5 Å². The molecule has 4 nitrogen and oxygen atoms in total. The highest BCUT2D eigenvalue weighted by atomic mass is 35.5. The second kappa shape index (κ2) is 8.42. The molecule has 0 saturated carbocycles. The van der Waals surface area contributed by atoms with Gasteiger partial charge in [0.2, 0.25) is 0 Å². The van der Waals surface area contributed by atoms with E-state index in [1.807, 2.05) is 13.0 Å². The van der Waals surface area contributed by atoms with Gasteiger partial charge < -0.3 is 4.90 Å². The van der Waals surface area contributed by atoms with E-state index in [-0.39, 0.29) is 17.7 Å². The van der Waals surface area contributed by atoms with Crippen molar-refractivity contribution in [3.8, 4) is 0 Å². The lowest BCUT2D eigenvalue weighted by atomic mass is 10.1. The van der Waals surface area contributed by atoms with Gasteiger partial charge in [0.1, 0.15) is 0 Å². The van der Waals surface area contributed by atoms with E-state index in [1.165, 1.54) is 23.4 Å². The number of hydrogen-bond donors (Lipinski definition) is 0. The van der Waals surface area contributed by atoms with Crippen molar-refractivity contribution in [3.63, 3.8) is 0 Å². The smallest absolute Gasteiger partial charge is 0.293 e. The van der Waals surface area contributed by atoms with Crippen molar-refractivity contribution in [2.75, 3.05) is 18.0 Å². The summed E-state index contributed by atoms with van der Waals surface area (Å²) in [5.74, 6) is -0.320. The second-order valence-corrected chi connectivity index (χ2v) is 9.01. The summed E-state index contributed by atoms with van der Waals surface area (Å²) in [6, 6.07) is 11.4. The van der Waals surface area contributed by atoms with Gasteiger partial charge in [-0.15, -0.1) is 0 Å². The van der Waals surface area contributed by atoms with Crippen molar-refractivity contribution in [3.05, 3.63) is 68.0 Å². The molecule has 2 fully saturated rings. The van der Waals surface area contributed by atoms with Gasteiger partial charge in [0, 0.05) is 34.4 Å². The maximum Gasteiger partial charge on any atom is 0.293 e. The van der Waals surface area contributed by atoms with Crippen molar-refractivity contribution in [1.82, 2.24) is 4.90 Å². The van der Waals surface area contributed by atoms with Crippen LogP contribution in [-0.4, -0.2) is 29.1 Å². The van der Waals surface area contributed by atoms with Crippen LogP contribution in [0, 0.1) is 6.92 Å². The molecule has 2 aliphatic rings. The molecule has 2 saturated heterocycles. The van der Waals surface area contributed by atoms with Crippen molar-refractivity contribution < 1.29 is 9.59 Å². The largest absolute Gasteiger partial charge is 0.372 e. The Morgan fingerprint density at radius 3 is 2.41 bits per heavy atom. The normalized spacial score (nSPS) is 18.4. The number of carbonyl (C=O) groups is 2. The van der Waals surface area contributed by atoms with Crippen LogP contribution in [-0.2, 0) is 11.3 Å². The number of carbonyl (C=O) groups excluding carboxylic acids is 2. The zero-order chi connectivity index (χ0) is 20.5. The average molecular weight is 447 g/mol. The fraction of sp³-hybridized carbons (Fsp3) is 0.273. The summed E-state index contributed by atoms with van der Waals surface area (Å²) in [6.45, 7) is 4.26. The Hall–Kier alpha value is -1.95. The maximum absolute atomic E-state index is 12.9. The molecule has 2 aliphatic heterocycles. The Bertz CT molecular complexity index is 996. The highest BCUT2D eigenvalue weighted by Gasteiger charge is 2.35. The molecule has 29 heavy (non-hydrogen) atoms. The summed E-state index contributed by atoms with van der Waals surface area (Å²) < 4.78 is 0. The first-order chi connectivity index (χ1) is 13.9. The number of amides is 2. The molecule has 0 radical (unpaired) electrons. The summed E-state index contributed by atoms with van der Waals surface area (Å²) in [4.78, 5) is 29.3. The minimum atomic E-state index is -0.320. The van der Waals surface area contributed by atoms with E-state index in [1.54, 1.807) is 24.3 Å². The Morgan fingerprint density at radius 2 is 1.76 bits per heavy atom. The molecule has 7 heteroatoms. The van der Waals surface area contributed by atoms with E-state index in [9.17, 15) is 9.59 Å². The first-order valence-corrected chi connectivity index (χ1v) is 11.0. The Kier molecular flexibility index (Phi) is 5.91. The maximum atomic E-state index is 12.9. The number of anilines is 1. The molecule has 0 spiro atoms. The Morgan fingerprint density at radius 1 is 1.07 bits per heavy atom. The number of thioether (sulfide) groups is 1. The zero-order valence-corrected chi connectivity index (χ0v) is 18.3. The van der Waals surface area contributed by atoms with Crippen LogP contribution in [0.5, 0.6) is 0 Å². The van der Waals surface area contributed by atoms with Gasteiger partial charge in [-0.1, -0.05) is 35.3 Å². The first-order valence-electron chi connectivity index (χ1n) is 9.48. The third-order valence-electron chi connectivity index (χ3n) is 5.26. The molecule has 2 aromatic carbocycles. The van der Waals surface area contributed by atoms with Crippen LogP contribution in [0.4, 0.5) is 10.5 Å². The number of rotatable bonds is 4. The Balaban J connectivity index is 1.56. The van der Waals surface area contributed by atoms with Gasteiger partial charge in [-0.05, 0) is 73.0 Å². The third-order valence-corrected chi connectivity index (χ3v) is 6.88. The molecular weight excluding hydrogens is 427 g/mol. The van der Waals surface area contributed by atoms with Crippen LogP contribution in [0.1, 0.15) is 29.5 Å². The number of benzene rings is 2. The standard InChI is InChI=1S/C22H20Cl2N2O2S/c1-14-11-16(25-9-2-3-10-25)8-7-15(14)12-20-21(27)26(22(28)29-20)13-17-18(23)5-4-6-19(17)24/h4-8,11-12H,2-3,9-10,13H2,1H3/b20-12-. The highest BCUT2D eigenvalue weighted by molar-refractivity contribution is 8.18. The van der Waals surface area contributed by atoms with Crippen LogP contribution in [0.2, 0.25) is 10.0 Å². The van der Waals surface area contributed by atoms with Gasteiger partial charge in [-0.2, -0.15) is 0 Å². The van der Waals surface area contributed by atoms with Crippen LogP contribution >= 0.6 is 35.0 Å². The predicted molar refractivity (Wildman–Crippen MR) is 121 cm³/mol. The van der Waals surface area contributed by atoms with Crippen LogP contribution in [0.15, 0.2) is 41.3 Å². The quantitative estimate of drug-likeness (QED) is 0.528. The molecule has 0 atom stereocenters. The van der Waals surface area contributed by atoms with Crippen molar-refractivity contribution >= 4 is 57.9 Å². The average Bonchev–Trinajstić information content (AvgIpc) is 3.30. The molecule has 0 aliphatic carbocycles. The van der Waals surface area contributed by atoms with E-state index in [0.717, 1.165) is 36.0 Å². The second-order valence-electron chi connectivity index (χ2n) is 7.20. The summed E-state index contributed by atoms with van der Waals surface area (Å²) in [5, 5.41) is 0.561. The van der Waals surface area contributed by atoms with Crippen LogP contribution in [0.3, 0.4) is 0 Å². The SMILES string of the molecule is Cc1cc(N2CCCC2)ccc1/C=C1\SC(=O)N(Cc2c(Cl)cccc2Cl)C1=O.